The molecule has 0 aromatic heterocycles. The van der Waals surface area contributed by atoms with Gasteiger partial charge in [0.25, 0.3) is 0 Å². The van der Waals surface area contributed by atoms with E-state index < -0.39 is 5.60 Å². The number of nitrogens with one attached hydrogen (secondary N) is 1. The van der Waals surface area contributed by atoms with Crippen molar-refractivity contribution in [2.45, 2.75) is 32.4 Å². The molecule has 1 saturated heterocycles. The molecule has 1 aliphatic heterocycles. The van der Waals surface area contributed by atoms with Crippen LogP contribution in [-0.2, 0) is 4.74 Å². The van der Waals surface area contributed by atoms with Crippen LogP contribution in [0.5, 0.6) is 0 Å². The van der Waals surface area contributed by atoms with E-state index in [1.807, 2.05) is 20.8 Å². The Morgan fingerprint density at radius 2 is 1.82 bits per heavy atom. The van der Waals surface area contributed by atoms with Crippen molar-refractivity contribution in [2.75, 3.05) is 27.2 Å². The molecule has 1 aliphatic rings. The quantitative estimate of drug-likeness (QED) is 0.743. The standard InChI is InChI=1S/C11H21N3O3/c1-11(2,3)17-10(16)14-6-8(7-14)12-9(15)13(4)5/h8H,6-7H2,1-5H3,(H,12,15). The summed E-state index contributed by atoms with van der Waals surface area (Å²) in [7, 11) is 3.36. The molecule has 1 heterocycles. The predicted molar refractivity (Wildman–Crippen MR) is 63.8 cm³/mol. The van der Waals surface area contributed by atoms with Crippen molar-refractivity contribution in [2.24, 2.45) is 0 Å². The van der Waals surface area contributed by atoms with Gasteiger partial charge in [0.15, 0.2) is 0 Å². The molecule has 0 aromatic rings. The Morgan fingerprint density at radius 1 is 1.29 bits per heavy atom. The topological polar surface area (TPSA) is 61.9 Å². The highest BCUT2D eigenvalue weighted by molar-refractivity contribution is 5.75. The van der Waals surface area contributed by atoms with Crippen molar-refractivity contribution >= 4 is 12.1 Å². The smallest absolute Gasteiger partial charge is 0.410 e. The fourth-order valence-electron chi connectivity index (χ4n) is 1.35. The van der Waals surface area contributed by atoms with Gasteiger partial charge in [0.2, 0.25) is 0 Å². The van der Waals surface area contributed by atoms with Crippen molar-refractivity contribution in [3.05, 3.63) is 0 Å². The number of hydrogen-bond donors (Lipinski definition) is 1. The lowest BCUT2D eigenvalue weighted by Gasteiger charge is -2.40. The molecule has 1 fully saturated rings. The number of nitrogens with zero attached hydrogens (tertiary/aromatic N) is 2. The Kier molecular flexibility index (Phi) is 3.85. The number of hydrogen-bond acceptors (Lipinski definition) is 3. The van der Waals surface area contributed by atoms with E-state index in [1.54, 1.807) is 19.0 Å². The number of carbonyl (C=O) groups is 2. The lowest BCUT2D eigenvalue weighted by Crippen LogP contribution is -2.62. The monoisotopic (exact) mass is 243 g/mol. The second-order valence-electron chi connectivity index (χ2n) is 5.43. The maximum atomic E-state index is 11.6. The molecule has 3 amide bonds. The van der Waals surface area contributed by atoms with Crippen LogP contribution in [0, 0.1) is 0 Å². The van der Waals surface area contributed by atoms with Crippen molar-refractivity contribution in [3.8, 4) is 0 Å². The van der Waals surface area contributed by atoms with Crippen molar-refractivity contribution in [1.29, 1.82) is 0 Å². The summed E-state index contributed by atoms with van der Waals surface area (Å²) >= 11 is 0. The molecule has 0 saturated carbocycles. The molecule has 0 aliphatic carbocycles. The van der Waals surface area contributed by atoms with Crippen LogP contribution in [0.15, 0.2) is 0 Å². The summed E-state index contributed by atoms with van der Waals surface area (Å²) in [5.41, 5.74) is -0.477. The zero-order chi connectivity index (χ0) is 13.2. The molecular weight excluding hydrogens is 222 g/mol. The molecular formula is C11H21N3O3. The molecule has 98 valence electrons. The zero-order valence-electron chi connectivity index (χ0n) is 11.1. The maximum absolute atomic E-state index is 11.6. The number of ether oxygens (including phenoxy) is 1. The van der Waals surface area contributed by atoms with Gasteiger partial charge in [-0.2, -0.15) is 0 Å². The number of urea groups is 1. The van der Waals surface area contributed by atoms with Crippen molar-refractivity contribution < 1.29 is 14.3 Å². The normalized spacial score (nSPS) is 16.2. The highest BCUT2D eigenvalue weighted by Gasteiger charge is 2.34. The minimum Gasteiger partial charge on any atom is -0.444 e. The Hall–Kier alpha value is -1.46. The summed E-state index contributed by atoms with van der Waals surface area (Å²) in [6, 6.07) is -0.115. The molecule has 1 rings (SSSR count). The summed E-state index contributed by atoms with van der Waals surface area (Å²) < 4.78 is 5.21. The molecule has 0 bridgehead atoms. The third kappa shape index (κ3) is 4.13. The van der Waals surface area contributed by atoms with Crippen LogP contribution in [-0.4, -0.2) is 60.8 Å². The van der Waals surface area contributed by atoms with Gasteiger partial charge in [-0.25, -0.2) is 9.59 Å². The molecule has 0 spiro atoms. The fourth-order valence-corrected chi connectivity index (χ4v) is 1.35. The van der Waals surface area contributed by atoms with E-state index in [9.17, 15) is 9.59 Å². The van der Waals surface area contributed by atoms with E-state index in [2.05, 4.69) is 5.32 Å². The van der Waals surface area contributed by atoms with Crippen LogP contribution >= 0.6 is 0 Å². The van der Waals surface area contributed by atoms with Crippen LogP contribution in [0.2, 0.25) is 0 Å². The van der Waals surface area contributed by atoms with Gasteiger partial charge in [-0.3, -0.25) is 0 Å². The fraction of sp³-hybridized carbons (Fsp3) is 0.818. The summed E-state index contributed by atoms with van der Waals surface area (Å²) in [6.45, 7) is 6.50. The molecule has 0 unspecified atom stereocenters. The molecule has 0 atom stereocenters. The van der Waals surface area contributed by atoms with E-state index in [0.717, 1.165) is 0 Å². The third-order valence-electron chi connectivity index (χ3n) is 2.27. The molecule has 0 radical (unpaired) electrons. The summed E-state index contributed by atoms with van der Waals surface area (Å²) in [5.74, 6) is 0. The minimum atomic E-state index is -0.477. The Morgan fingerprint density at radius 3 is 2.24 bits per heavy atom. The predicted octanol–water partition coefficient (Wildman–Crippen LogP) is 0.877. The Labute approximate surface area is 102 Å². The number of likely N-dealkylation sites (tertiary alicyclic amines) is 1. The van der Waals surface area contributed by atoms with Gasteiger partial charge in [0.05, 0.1) is 6.04 Å². The number of carbonyl (C=O) groups excluding carboxylic acids is 2. The van der Waals surface area contributed by atoms with Crippen LogP contribution in [0.1, 0.15) is 20.8 Å². The first-order valence-corrected chi connectivity index (χ1v) is 5.65. The molecule has 6 heteroatoms. The molecule has 6 nitrogen and oxygen atoms in total. The van der Waals surface area contributed by atoms with Crippen LogP contribution in [0.3, 0.4) is 0 Å². The second kappa shape index (κ2) is 4.81. The van der Waals surface area contributed by atoms with E-state index in [1.165, 1.54) is 4.90 Å². The highest BCUT2D eigenvalue weighted by Crippen LogP contribution is 2.15. The number of amides is 3. The lowest BCUT2D eigenvalue weighted by molar-refractivity contribution is 0.00602. The van der Waals surface area contributed by atoms with Gasteiger partial charge in [0.1, 0.15) is 5.60 Å². The van der Waals surface area contributed by atoms with Gasteiger partial charge in [-0.15, -0.1) is 0 Å². The van der Waals surface area contributed by atoms with E-state index >= 15 is 0 Å². The van der Waals surface area contributed by atoms with Gasteiger partial charge in [-0.1, -0.05) is 0 Å². The van der Waals surface area contributed by atoms with Crippen LogP contribution < -0.4 is 5.32 Å². The third-order valence-corrected chi connectivity index (χ3v) is 2.27. The first-order valence-electron chi connectivity index (χ1n) is 5.65. The summed E-state index contributed by atoms with van der Waals surface area (Å²) in [6.07, 6.45) is -0.326. The van der Waals surface area contributed by atoms with Gasteiger partial charge in [-0.05, 0) is 20.8 Å². The Balaban J connectivity index is 2.28. The van der Waals surface area contributed by atoms with Crippen molar-refractivity contribution in [1.82, 2.24) is 15.1 Å². The number of rotatable bonds is 1. The van der Waals surface area contributed by atoms with E-state index in [-0.39, 0.29) is 18.2 Å². The van der Waals surface area contributed by atoms with Crippen LogP contribution in [0.25, 0.3) is 0 Å². The largest absolute Gasteiger partial charge is 0.444 e. The van der Waals surface area contributed by atoms with E-state index in [0.29, 0.717) is 13.1 Å². The zero-order valence-corrected chi connectivity index (χ0v) is 11.1. The maximum Gasteiger partial charge on any atom is 0.410 e. The van der Waals surface area contributed by atoms with Gasteiger partial charge >= 0.3 is 12.1 Å². The van der Waals surface area contributed by atoms with Crippen LogP contribution in [0.4, 0.5) is 9.59 Å². The second-order valence-corrected chi connectivity index (χ2v) is 5.43. The first kappa shape index (κ1) is 13.6. The average molecular weight is 243 g/mol. The summed E-state index contributed by atoms with van der Waals surface area (Å²) in [5, 5.41) is 2.80. The van der Waals surface area contributed by atoms with E-state index in [4.69, 9.17) is 4.74 Å². The molecule has 1 N–H and O–H groups in total. The Bertz CT molecular complexity index is 304. The van der Waals surface area contributed by atoms with Gasteiger partial charge in [0, 0.05) is 27.2 Å². The lowest BCUT2D eigenvalue weighted by atomic mass is 10.1. The molecule has 0 aromatic carbocycles. The molecule has 17 heavy (non-hydrogen) atoms. The van der Waals surface area contributed by atoms with Gasteiger partial charge < -0.3 is 19.9 Å². The summed E-state index contributed by atoms with van der Waals surface area (Å²) in [4.78, 5) is 26.0. The average Bonchev–Trinajstić information content (AvgIpc) is 2.06. The highest BCUT2D eigenvalue weighted by atomic mass is 16.6. The minimum absolute atomic E-state index is 0.0254. The SMILES string of the molecule is CN(C)C(=O)NC1CN(C(=O)OC(C)(C)C)C1. The van der Waals surface area contributed by atoms with Crippen molar-refractivity contribution in [3.63, 3.8) is 0 Å². The first-order chi connectivity index (χ1) is 7.69.